The van der Waals surface area contributed by atoms with E-state index in [0.717, 1.165) is 0 Å². The van der Waals surface area contributed by atoms with Gasteiger partial charge in [-0.15, -0.1) is 0 Å². The second-order valence-corrected chi connectivity index (χ2v) is 5.04. The number of carboxylic acid groups (broad SMARTS) is 1. The second kappa shape index (κ2) is 5.55. The fraction of sp³-hybridized carbons (Fsp3) is 0.800. The maximum absolute atomic E-state index is 11.1. The molecule has 5 nitrogen and oxygen atoms in total. The summed E-state index contributed by atoms with van der Waals surface area (Å²) in [7, 11) is 1.88. The number of amides is 1. The number of likely N-dealkylation sites (N-methyl/N-ethyl adjacent to an activating group) is 1. The van der Waals surface area contributed by atoms with Gasteiger partial charge in [0.15, 0.2) is 12.7 Å². The Balaban J connectivity index is 0.000000360. The molecule has 1 fully saturated rings. The van der Waals surface area contributed by atoms with E-state index in [0.29, 0.717) is 12.7 Å². The van der Waals surface area contributed by atoms with Gasteiger partial charge in [0, 0.05) is 12.5 Å². The van der Waals surface area contributed by atoms with Crippen LogP contribution in [0.5, 0.6) is 0 Å². The lowest BCUT2D eigenvalue weighted by atomic mass is 9.92. The number of carbonyl (C=O) groups is 2. The van der Waals surface area contributed by atoms with Gasteiger partial charge in [-0.2, -0.15) is 13.2 Å². The largest absolute Gasteiger partial charge is 0.542 e. The smallest absolute Gasteiger partial charge is 0.430 e. The molecule has 8 heteroatoms. The predicted molar refractivity (Wildman–Crippen MR) is 53.9 cm³/mol. The molecule has 0 aromatic heterocycles. The quantitative estimate of drug-likeness (QED) is 0.594. The summed E-state index contributed by atoms with van der Waals surface area (Å²) in [6, 6.07) is 0. The van der Waals surface area contributed by atoms with Gasteiger partial charge in [0.2, 0.25) is 0 Å². The number of carboxylic acids is 1. The van der Waals surface area contributed by atoms with Crippen molar-refractivity contribution in [2.45, 2.75) is 33.1 Å². The van der Waals surface area contributed by atoms with Crippen LogP contribution in [-0.2, 0) is 9.59 Å². The maximum atomic E-state index is 11.1. The second-order valence-electron chi connectivity index (χ2n) is 5.04. The van der Waals surface area contributed by atoms with Crippen molar-refractivity contribution >= 4 is 11.9 Å². The third-order valence-electron chi connectivity index (χ3n) is 2.45. The number of aliphatic carboxylic acids is 1. The van der Waals surface area contributed by atoms with Gasteiger partial charge in [-0.3, -0.25) is 9.69 Å². The fourth-order valence-electron chi connectivity index (χ4n) is 1.60. The first-order valence-electron chi connectivity index (χ1n) is 5.24. The molecule has 18 heavy (non-hydrogen) atoms. The standard InChI is InChI=1S/C8H16N2O.C2HF3O2/c1-8(2,3)7-9-5-6(11)10(7)4;3-2(4,5)1(6)7/h7,9H,5H2,1-4H3;(H,6,7)/t7-;/m1./s1. The first-order valence-corrected chi connectivity index (χ1v) is 5.24. The molecular weight excluding hydrogens is 253 g/mol. The molecule has 2 N–H and O–H groups in total. The van der Waals surface area contributed by atoms with Gasteiger partial charge in [0.1, 0.15) is 5.97 Å². The lowest BCUT2D eigenvalue weighted by Crippen LogP contribution is -2.91. The number of nitrogens with zero attached hydrogens (tertiary/aromatic N) is 1. The van der Waals surface area contributed by atoms with Crippen molar-refractivity contribution < 1.29 is 33.2 Å². The predicted octanol–water partition coefficient (Wildman–Crippen LogP) is -1.31. The molecule has 0 bridgehead atoms. The maximum Gasteiger partial charge on any atom is 0.430 e. The van der Waals surface area contributed by atoms with Crippen LogP contribution in [0.25, 0.3) is 0 Å². The summed E-state index contributed by atoms with van der Waals surface area (Å²) in [6.07, 6.45) is -4.88. The molecule has 1 atom stereocenters. The minimum absolute atomic E-state index is 0.181. The van der Waals surface area contributed by atoms with Gasteiger partial charge in [0.05, 0.1) is 0 Å². The summed E-state index contributed by atoms with van der Waals surface area (Å²) in [5.41, 5.74) is 0.181. The molecule has 1 saturated heterocycles. The third-order valence-corrected chi connectivity index (χ3v) is 2.45. The Kier molecular flexibility index (Phi) is 5.15. The van der Waals surface area contributed by atoms with E-state index in [1.165, 1.54) is 0 Å². The van der Waals surface area contributed by atoms with E-state index in [1.54, 1.807) is 0 Å². The number of nitrogens with two attached hydrogens (primary N) is 1. The van der Waals surface area contributed by atoms with E-state index in [9.17, 15) is 18.0 Å². The zero-order valence-corrected chi connectivity index (χ0v) is 10.7. The topological polar surface area (TPSA) is 77.0 Å². The Morgan fingerprint density at radius 1 is 1.39 bits per heavy atom. The van der Waals surface area contributed by atoms with E-state index in [4.69, 9.17) is 9.90 Å². The molecule has 106 valence electrons. The van der Waals surface area contributed by atoms with Crippen molar-refractivity contribution in [3.63, 3.8) is 0 Å². The van der Waals surface area contributed by atoms with Crippen molar-refractivity contribution in [2.24, 2.45) is 5.41 Å². The lowest BCUT2D eigenvalue weighted by molar-refractivity contribution is -0.690. The molecule has 0 unspecified atom stereocenters. The molecule has 1 aliphatic heterocycles. The van der Waals surface area contributed by atoms with Crippen molar-refractivity contribution in [1.82, 2.24) is 4.90 Å². The van der Waals surface area contributed by atoms with E-state index in [1.807, 2.05) is 11.9 Å². The molecule has 1 aliphatic rings. The molecule has 0 saturated carbocycles. The molecule has 1 amide bonds. The van der Waals surface area contributed by atoms with Crippen LogP contribution in [0.2, 0.25) is 0 Å². The zero-order chi connectivity index (χ0) is 14.7. The van der Waals surface area contributed by atoms with E-state index in [2.05, 4.69) is 26.1 Å². The summed E-state index contributed by atoms with van der Waals surface area (Å²) in [5.74, 6) is -2.77. The van der Waals surface area contributed by atoms with Crippen molar-refractivity contribution in [2.75, 3.05) is 13.6 Å². The zero-order valence-electron chi connectivity index (χ0n) is 10.7. The first kappa shape index (κ1) is 16.7. The van der Waals surface area contributed by atoms with Crippen LogP contribution in [0.15, 0.2) is 0 Å². The number of hydrogen-bond donors (Lipinski definition) is 1. The van der Waals surface area contributed by atoms with Gasteiger partial charge in [-0.1, -0.05) is 20.8 Å². The fourth-order valence-corrected chi connectivity index (χ4v) is 1.60. The highest BCUT2D eigenvalue weighted by atomic mass is 19.4. The van der Waals surface area contributed by atoms with Crippen LogP contribution >= 0.6 is 0 Å². The van der Waals surface area contributed by atoms with Crippen LogP contribution < -0.4 is 10.4 Å². The van der Waals surface area contributed by atoms with Crippen molar-refractivity contribution in [3.8, 4) is 0 Å². The highest BCUT2D eigenvalue weighted by Crippen LogP contribution is 2.20. The van der Waals surface area contributed by atoms with Crippen LogP contribution in [0.4, 0.5) is 13.2 Å². The van der Waals surface area contributed by atoms with Crippen molar-refractivity contribution in [3.05, 3.63) is 0 Å². The number of rotatable bonds is 0. The van der Waals surface area contributed by atoms with Crippen LogP contribution in [0.1, 0.15) is 20.8 Å². The number of alkyl halides is 3. The minimum atomic E-state index is -5.19. The molecule has 0 aromatic carbocycles. The molecule has 0 radical (unpaired) electrons. The SMILES string of the molecule is CN1C(=O)C[NH2+][C@H]1C(C)(C)C.O=C([O-])C(F)(F)F. The number of carbonyl (C=O) groups excluding carboxylic acids is 2. The van der Waals surface area contributed by atoms with Crippen LogP contribution in [0, 0.1) is 5.41 Å². The van der Waals surface area contributed by atoms with Gasteiger partial charge < -0.3 is 15.2 Å². The Labute approximate surface area is 103 Å². The van der Waals surface area contributed by atoms with Gasteiger partial charge in [-0.05, 0) is 0 Å². The summed E-state index contributed by atoms with van der Waals surface area (Å²) in [6.45, 7) is 7.08. The Hall–Kier alpha value is -1.31. The van der Waals surface area contributed by atoms with Gasteiger partial charge in [-0.25, -0.2) is 0 Å². The average molecular weight is 270 g/mol. The van der Waals surface area contributed by atoms with E-state index < -0.39 is 12.1 Å². The summed E-state index contributed by atoms with van der Waals surface area (Å²) < 4.78 is 31.5. The summed E-state index contributed by atoms with van der Waals surface area (Å²) >= 11 is 0. The van der Waals surface area contributed by atoms with Gasteiger partial charge in [0.25, 0.3) is 5.91 Å². The average Bonchev–Trinajstić information content (AvgIpc) is 2.45. The monoisotopic (exact) mass is 270 g/mol. The highest BCUT2D eigenvalue weighted by Gasteiger charge is 2.39. The summed E-state index contributed by atoms with van der Waals surface area (Å²) in [4.78, 5) is 21.7. The Morgan fingerprint density at radius 3 is 1.89 bits per heavy atom. The summed E-state index contributed by atoms with van der Waals surface area (Å²) in [5, 5.41) is 10.9. The first-order chi connectivity index (χ1) is 7.87. The number of quaternary nitrogens is 1. The third kappa shape index (κ3) is 4.91. The van der Waals surface area contributed by atoms with Gasteiger partial charge >= 0.3 is 6.18 Å². The normalized spacial score (nSPS) is 20.5. The molecule has 0 aliphatic carbocycles. The molecule has 1 heterocycles. The van der Waals surface area contributed by atoms with E-state index >= 15 is 0 Å². The number of hydrogen-bond acceptors (Lipinski definition) is 3. The Bertz CT molecular complexity index is 323. The van der Waals surface area contributed by atoms with Crippen LogP contribution in [-0.4, -0.2) is 42.7 Å². The molecule has 0 spiro atoms. The molecule has 0 aromatic rings. The molecular formula is C10H17F3N2O3. The van der Waals surface area contributed by atoms with Crippen LogP contribution in [0.3, 0.4) is 0 Å². The highest BCUT2D eigenvalue weighted by molar-refractivity contribution is 5.78. The lowest BCUT2D eigenvalue weighted by Gasteiger charge is -2.28. The minimum Gasteiger partial charge on any atom is -0.542 e. The Morgan fingerprint density at radius 2 is 1.78 bits per heavy atom. The van der Waals surface area contributed by atoms with Crippen molar-refractivity contribution in [1.29, 1.82) is 0 Å². The molecule has 1 rings (SSSR count). The van der Waals surface area contributed by atoms with E-state index in [-0.39, 0.29) is 11.3 Å². The number of halogens is 3.